The quantitative estimate of drug-likeness (QED) is 0.784. The highest BCUT2D eigenvalue weighted by molar-refractivity contribution is 5.95. The molecule has 0 heterocycles. The Kier molecular flexibility index (Phi) is 3.32. The maximum absolute atomic E-state index is 13.0. The Labute approximate surface area is 139 Å². The minimum absolute atomic E-state index is 0.0813. The van der Waals surface area contributed by atoms with Crippen molar-refractivity contribution in [3.05, 3.63) is 29.8 Å². The second-order valence-corrected chi connectivity index (χ2v) is 8.58. The van der Waals surface area contributed by atoms with Crippen molar-refractivity contribution in [3.8, 4) is 0 Å². The van der Waals surface area contributed by atoms with Crippen LogP contribution in [-0.4, -0.2) is 5.91 Å². The second kappa shape index (κ2) is 4.99. The lowest BCUT2D eigenvalue weighted by Gasteiger charge is -2.60. The highest BCUT2D eigenvalue weighted by Gasteiger charge is 2.58. The molecule has 24 heavy (non-hydrogen) atoms. The van der Waals surface area contributed by atoms with Crippen molar-refractivity contribution in [2.24, 2.45) is 22.7 Å². The van der Waals surface area contributed by atoms with Gasteiger partial charge in [0.15, 0.2) is 0 Å². The first-order valence-corrected chi connectivity index (χ1v) is 8.66. The third-order valence-corrected chi connectivity index (χ3v) is 6.28. The van der Waals surface area contributed by atoms with Crippen LogP contribution < -0.4 is 5.32 Å². The maximum atomic E-state index is 13.0. The Bertz CT molecular complexity index is 667. The molecule has 0 spiro atoms. The first kappa shape index (κ1) is 16.0. The number of amides is 1. The van der Waals surface area contributed by atoms with Gasteiger partial charge in [0.2, 0.25) is 5.91 Å². The van der Waals surface area contributed by atoms with Crippen LogP contribution in [0.4, 0.5) is 18.9 Å². The molecular formula is C19H22F3NO. The molecule has 2 unspecified atom stereocenters. The minimum atomic E-state index is -4.39. The van der Waals surface area contributed by atoms with E-state index in [0.29, 0.717) is 11.8 Å². The lowest BCUT2D eigenvalue weighted by Crippen LogP contribution is -2.55. The fourth-order valence-corrected chi connectivity index (χ4v) is 6.02. The Morgan fingerprint density at radius 1 is 1.17 bits per heavy atom. The van der Waals surface area contributed by atoms with Crippen molar-refractivity contribution in [3.63, 3.8) is 0 Å². The number of halogens is 3. The fourth-order valence-electron chi connectivity index (χ4n) is 6.02. The van der Waals surface area contributed by atoms with Crippen LogP contribution in [0.1, 0.15) is 51.0 Å². The predicted molar refractivity (Wildman–Crippen MR) is 85.3 cm³/mol. The maximum Gasteiger partial charge on any atom is 0.416 e. The highest BCUT2D eigenvalue weighted by Crippen LogP contribution is 2.65. The summed E-state index contributed by atoms with van der Waals surface area (Å²) in [5, 5.41) is 2.79. The van der Waals surface area contributed by atoms with Crippen LogP contribution in [0.2, 0.25) is 0 Å². The van der Waals surface area contributed by atoms with Gasteiger partial charge in [0.05, 0.1) is 11.0 Å². The molecule has 4 atom stereocenters. The Balaban J connectivity index is 1.57. The Morgan fingerprint density at radius 3 is 2.42 bits per heavy atom. The van der Waals surface area contributed by atoms with Gasteiger partial charge in [-0.15, -0.1) is 0 Å². The average Bonchev–Trinajstić information content (AvgIpc) is 2.44. The van der Waals surface area contributed by atoms with E-state index in [-0.39, 0.29) is 22.4 Å². The van der Waals surface area contributed by atoms with Crippen LogP contribution in [-0.2, 0) is 11.0 Å². The number of alkyl halides is 3. The van der Waals surface area contributed by atoms with Crippen molar-refractivity contribution < 1.29 is 18.0 Å². The van der Waals surface area contributed by atoms with Gasteiger partial charge in [-0.2, -0.15) is 13.2 Å². The second-order valence-electron chi connectivity index (χ2n) is 8.58. The standard InChI is InChI=1S/C19H22F3NO/c1-17-7-12-5-13(8-17)10-18(9-12,11-17)16(24)23-15-4-2-3-14(6-15)19(20,21)22/h2-4,6,12-13H,5,7-11H2,1H3,(H,23,24)/t12-,13+,17?,18?. The molecule has 1 aromatic carbocycles. The van der Waals surface area contributed by atoms with Crippen LogP contribution in [0, 0.1) is 22.7 Å². The number of carbonyl (C=O) groups excluding carboxylic acids is 1. The molecule has 0 aromatic heterocycles. The largest absolute Gasteiger partial charge is 0.416 e. The van der Waals surface area contributed by atoms with Gasteiger partial charge >= 0.3 is 6.18 Å². The van der Waals surface area contributed by atoms with Crippen LogP contribution in [0.25, 0.3) is 0 Å². The fraction of sp³-hybridized carbons (Fsp3) is 0.632. The zero-order chi connectivity index (χ0) is 17.2. The summed E-state index contributed by atoms with van der Waals surface area (Å²) in [4.78, 5) is 13.0. The van der Waals surface area contributed by atoms with Crippen LogP contribution in [0.3, 0.4) is 0 Å². The Hall–Kier alpha value is -1.52. The topological polar surface area (TPSA) is 29.1 Å². The molecule has 1 amide bonds. The summed E-state index contributed by atoms with van der Waals surface area (Å²) in [5.74, 6) is 1.12. The Morgan fingerprint density at radius 2 is 1.83 bits per heavy atom. The molecule has 4 bridgehead atoms. The minimum Gasteiger partial charge on any atom is -0.326 e. The molecule has 4 saturated carbocycles. The van der Waals surface area contributed by atoms with E-state index in [1.54, 1.807) is 0 Å². The molecule has 4 aliphatic rings. The zero-order valence-electron chi connectivity index (χ0n) is 13.7. The van der Waals surface area contributed by atoms with Crippen molar-refractivity contribution in [2.45, 2.75) is 51.6 Å². The summed E-state index contributed by atoms with van der Waals surface area (Å²) in [6.45, 7) is 2.27. The molecule has 4 fully saturated rings. The summed E-state index contributed by atoms with van der Waals surface area (Å²) in [6.07, 6.45) is 1.87. The molecule has 1 aromatic rings. The number of hydrogen-bond donors (Lipinski definition) is 1. The van der Waals surface area contributed by atoms with Gasteiger partial charge in [-0.3, -0.25) is 4.79 Å². The molecule has 4 aliphatic carbocycles. The molecule has 5 rings (SSSR count). The molecule has 2 nitrogen and oxygen atoms in total. The van der Waals surface area contributed by atoms with E-state index in [1.807, 2.05) is 0 Å². The smallest absolute Gasteiger partial charge is 0.326 e. The molecule has 1 N–H and O–H groups in total. The first-order valence-electron chi connectivity index (χ1n) is 8.66. The van der Waals surface area contributed by atoms with Gasteiger partial charge in [-0.1, -0.05) is 13.0 Å². The van der Waals surface area contributed by atoms with Crippen LogP contribution in [0.5, 0.6) is 0 Å². The number of nitrogens with one attached hydrogen (secondary N) is 1. The number of anilines is 1. The summed E-state index contributed by atoms with van der Waals surface area (Å²) < 4.78 is 38.6. The number of rotatable bonds is 2. The molecule has 0 saturated heterocycles. The lowest BCUT2D eigenvalue weighted by molar-refractivity contribution is -0.149. The summed E-state index contributed by atoms with van der Waals surface area (Å²) >= 11 is 0. The van der Waals surface area contributed by atoms with E-state index in [0.717, 1.165) is 31.4 Å². The number of carbonyl (C=O) groups is 1. The van der Waals surface area contributed by atoms with Gasteiger partial charge < -0.3 is 5.32 Å². The number of benzene rings is 1. The molecule has 5 heteroatoms. The summed E-state index contributed by atoms with van der Waals surface area (Å²) in [7, 11) is 0. The van der Waals surface area contributed by atoms with Crippen LogP contribution in [0.15, 0.2) is 24.3 Å². The van der Waals surface area contributed by atoms with E-state index < -0.39 is 11.7 Å². The molecule has 0 aliphatic heterocycles. The van der Waals surface area contributed by atoms with Crippen LogP contribution >= 0.6 is 0 Å². The monoisotopic (exact) mass is 337 g/mol. The van der Waals surface area contributed by atoms with Gasteiger partial charge in [0.1, 0.15) is 0 Å². The van der Waals surface area contributed by atoms with Crippen molar-refractivity contribution in [1.29, 1.82) is 0 Å². The van der Waals surface area contributed by atoms with Gasteiger partial charge in [-0.25, -0.2) is 0 Å². The van der Waals surface area contributed by atoms with Gasteiger partial charge in [-0.05, 0) is 74.0 Å². The summed E-state index contributed by atoms with van der Waals surface area (Å²) in [6, 6.07) is 4.94. The molecule has 130 valence electrons. The molecular weight excluding hydrogens is 315 g/mol. The lowest BCUT2D eigenvalue weighted by atomic mass is 9.44. The van der Waals surface area contributed by atoms with Crippen molar-refractivity contribution in [2.75, 3.05) is 5.32 Å². The van der Waals surface area contributed by atoms with E-state index >= 15 is 0 Å². The normalized spacial score (nSPS) is 37.5. The average molecular weight is 337 g/mol. The highest BCUT2D eigenvalue weighted by atomic mass is 19.4. The van der Waals surface area contributed by atoms with E-state index in [4.69, 9.17) is 0 Å². The third kappa shape index (κ3) is 2.62. The summed E-state index contributed by atoms with van der Waals surface area (Å²) in [5.41, 5.74) is -0.629. The van der Waals surface area contributed by atoms with E-state index in [2.05, 4.69) is 12.2 Å². The van der Waals surface area contributed by atoms with E-state index in [1.165, 1.54) is 31.4 Å². The van der Waals surface area contributed by atoms with Gasteiger partial charge in [0.25, 0.3) is 0 Å². The molecule has 0 radical (unpaired) electrons. The van der Waals surface area contributed by atoms with Crippen molar-refractivity contribution in [1.82, 2.24) is 0 Å². The third-order valence-electron chi connectivity index (χ3n) is 6.28. The zero-order valence-corrected chi connectivity index (χ0v) is 13.7. The predicted octanol–water partition coefficient (Wildman–Crippen LogP) is 5.25. The first-order chi connectivity index (χ1) is 11.2. The van der Waals surface area contributed by atoms with E-state index in [9.17, 15) is 18.0 Å². The van der Waals surface area contributed by atoms with Crippen molar-refractivity contribution >= 4 is 11.6 Å². The number of hydrogen-bond acceptors (Lipinski definition) is 1. The van der Waals surface area contributed by atoms with Gasteiger partial charge in [0, 0.05) is 5.69 Å². The SMILES string of the molecule is CC12C[C@H]3C[C@@H](C1)CC(C(=O)Nc1cccc(C(F)(F)F)c1)(C3)C2.